The molecule has 0 saturated carbocycles. The Kier molecular flexibility index (Phi) is 4.50. The van der Waals surface area contributed by atoms with E-state index in [9.17, 15) is 5.11 Å². The van der Waals surface area contributed by atoms with Gasteiger partial charge in [0, 0.05) is 21.7 Å². The summed E-state index contributed by atoms with van der Waals surface area (Å²) in [6.07, 6.45) is 0. The molecule has 3 aromatic rings. The highest BCUT2D eigenvalue weighted by molar-refractivity contribution is 7.11. The summed E-state index contributed by atoms with van der Waals surface area (Å²) in [6, 6.07) is 13.5. The molecule has 4 rings (SSSR count). The van der Waals surface area contributed by atoms with Gasteiger partial charge >= 0.3 is 0 Å². The quantitative estimate of drug-likeness (QED) is 0.585. The van der Waals surface area contributed by atoms with Gasteiger partial charge in [-0.15, -0.1) is 11.3 Å². The van der Waals surface area contributed by atoms with Crippen LogP contribution in [-0.2, 0) is 0 Å². The predicted molar refractivity (Wildman–Crippen MR) is 113 cm³/mol. The fraction of sp³-hybridized carbons (Fsp3) is 0.143. The maximum absolute atomic E-state index is 10.5. The van der Waals surface area contributed by atoms with Crippen LogP contribution in [0.3, 0.4) is 0 Å². The van der Waals surface area contributed by atoms with Gasteiger partial charge in [-0.3, -0.25) is 5.41 Å². The predicted octanol–water partition coefficient (Wildman–Crippen LogP) is 5.85. The number of aromatic nitrogens is 1. The highest BCUT2D eigenvalue weighted by Crippen LogP contribution is 2.34. The highest BCUT2D eigenvalue weighted by atomic mass is 35.5. The normalized spacial score (nSPS) is 14.3. The minimum Gasteiger partial charge on any atom is -0.510 e. The molecular weight excluding hydrogens is 378 g/mol. The lowest BCUT2D eigenvalue weighted by molar-refractivity contribution is 0.411. The van der Waals surface area contributed by atoms with Gasteiger partial charge in [-0.25, -0.2) is 4.98 Å². The van der Waals surface area contributed by atoms with Gasteiger partial charge in [0.25, 0.3) is 0 Å². The van der Waals surface area contributed by atoms with Gasteiger partial charge in [0.2, 0.25) is 0 Å². The number of benzene rings is 2. The van der Waals surface area contributed by atoms with E-state index >= 15 is 0 Å². The zero-order valence-corrected chi connectivity index (χ0v) is 16.5. The topological polar surface area (TPSA) is 60.2 Å². The van der Waals surface area contributed by atoms with Gasteiger partial charge in [-0.1, -0.05) is 23.7 Å². The molecule has 0 aliphatic carbocycles. The first-order valence-corrected chi connectivity index (χ1v) is 9.77. The molecule has 1 aromatic heterocycles. The van der Waals surface area contributed by atoms with Crippen molar-refractivity contribution < 1.29 is 5.11 Å². The lowest BCUT2D eigenvalue weighted by Gasteiger charge is -2.18. The minimum atomic E-state index is 0.163. The van der Waals surface area contributed by atoms with Crippen LogP contribution in [0.1, 0.15) is 16.1 Å². The number of nitrogens with zero attached hydrogens (tertiary/aromatic N) is 2. The second kappa shape index (κ2) is 6.83. The number of rotatable bonds is 3. The first-order valence-electron chi connectivity index (χ1n) is 8.51. The first kappa shape index (κ1) is 17.8. The molecule has 2 aromatic carbocycles. The van der Waals surface area contributed by atoms with Gasteiger partial charge in [0.05, 0.1) is 17.8 Å². The molecule has 0 amide bonds. The number of aliphatic hydroxyl groups is 1. The van der Waals surface area contributed by atoms with E-state index in [4.69, 9.17) is 17.0 Å². The number of anilines is 1. The summed E-state index contributed by atoms with van der Waals surface area (Å²) in [4.78, 5) is 6.44. The molecule has 1 aliphatic heterocycles. The average molecular weight is 396 g/mol. The third kappa shape index (κ3) is 3.24. The molecule has 0 atom stereocenters. The minimum absolute atomic E-state index is 0.163. The maximum Gasteiger partial charge on any atom is 0.139 e. The third-order valence-corrected chi connectivity index (χ3v) is 5.87. The summed E-state index contributed by atoms with van der Waals surface area (Å²) < 4.78 is 0. The molecule has 0 spiro atoms. The van der Waals surface area contributed by atoms with E-state index < -0.39 is 0 Å². The molecule has 0 unspecified atom stereocenters. The van der Waals surface area contributed by atoms with E-state index in [1.165, 1.54) is 22.5 Å². The second-order valence-electron chi connectivity index (χ2n) is 6.57. The molecule has 0 fully saturated rings. The van der Waals surface area contributed by atoms with Crippen molar-refractivity contribution in [3.8, 4) is 11.3 Å². The third-order valence-electron chi connectivity index (χ3n) is 4.76. The molecule has 6 heteroatoms. The number of hydrogen-bond donors (Lipinski definition) is 2. The molecule has 0 radical (unpaired) electrons. The number of nitrogens with one attached hydrogen (secondary N) is 1. The lowest BCUT2D eigenvalue weighted by atomic mass is 10.1. The van der Waals surface area contributed by atoms with Crippen LogP contribution >= 0.6 is 22.9 Å². The van der Waals surface area contributed by atoms with E-state index in [0.717, 1.165) is 16.9 Å². The number of amidine groups is 1. The fourth-order valence-corrected chi connectivity index (χ4v) is 4.09. The van der Waals surface area contributed by atoms with Gasteiger partial charge < -0.3 is 10.0 Å². The fourth-order valence-electron chi connectivity index (χ4n) is 3.07. The van der Waals surface area contributed by atoms with Gasteiger partial charge in [0.15, 0.2) is 0 Å². The summed E-state index contributed by atoms with van der Waals surface area (Å²) in [5.74, 6) is 0.409. The van der Waals surface area contributed by atoms with Crippen molar-refractivity contribution in [3.05, 3.63) is 74.8 Å². The molecule has 2 N–H and O–H groups in total. The monoisotopic (exact) mass is 395 g/mol. The Hall–Kier alpha value is -2.63. The van der Waals surface area contributed by atoms with E-state index in [2.05, 4.69) is 37.0 Å². The summed E-state index contributed by atoms with van der Waals surface area (Å²) in [6.45, 7) is 4.42. The summed E-state index contributed by atoms with van der Waals surface area (Å²) in [7, 11) is 0. The molecule has 1 aliphatic rings. The second-order valence-corrected chi connectivity index (χ2v) is 7.86. The largest absolute Gasteiger partial charge is 0.510 e. The summed E-state index contributed by atoms with van der Waals surface area (Å²) >= 11 is 7.39. The van der Waals surface area contributed by atoms with Crippen LogP contribution in [-0.4, -0.2) is 22.5 Å². The smallest absolute Gasteiger partial charge is 0.139 e. The zero-order valence-electron chi connectivity index (χ0n) is 15.0. The molecule has 2 heterocycles. The van der Waals surface area contributed by atoms with Crippen molar-refractivity contribution in [2.45, 2.75) is 13.8 Å². The Labute approximate surface area is 166 Å². The van der Waals surface area contributed by atoms with E-state index in [1.807, 2.05) is 17.5 Å². The molecule has 4 nitrogen and oxygen atoms in total. The van der Waals surface area contributed by atoms with Crippen LogP contribution in [0, 0.1) is 19.3 Å². The van der Waals surface area contributed by atoms with Crippen LogP contribution < -0.4 is 4.90 Å². The number of aliphatic hydroxyl groups excluding tert-OH is 1. The van der Waals surface area contributed by atoms with Crippen molar-refractivity contribution >= 4 is 40.0 Å². The van der Waals surface area contributed by atoms with Crippen molar-refractivity contribution in [1.29, 1.82) is 5.41 Å². The molecule has 0 saturated heterocycles. The first-order chi connectivity index (χ1) is 12.9. The lowest BCUT2D eigenvalue weighted by Crippen LogP contribution is -2.25. The maximum atomic E-state index is 10.5. The van der Waals surface area contributed by atoms with Gasteiger partial charge in [-0.05, 0) is 55.3 Å². The molecular formula is C21H18ClN3OS. The number of aryl methyl sites for hydroxylation is 2. The number of thiazole rings is 1. The van der Waals surface area contributed by atoms with Crippen LogP contribution in [0.2, 0.25) is 5.02 Å². The Bertz CT molecular complexity index is 1070. The Morgan fingerprint density at radius 3 is 2.56 bits per heavy atom. The Morgan fingerprint density at radius 2 is 1.85 bits per heavy atom. The van der Waals surface area contributed by atoms with Gasteiger partial charge in [0.1, 0.15) is 16.6 Å². The SMILES string of the molecule is Cc1ccc(-c2csc(C3=C(O)CN(c4ccc(Cl)cc4)C3=N)n2)cc1C. The summed E-state index contributed by atoms with van der Waals surface area (Å²) in [5.41, 5.74) is 5.66. The van der Waals surface area contributed by atoms with E-state index in [0.29, 0.717) is 15.6 Å². The number of hydrogen-bond acceptors (Lipinski definition) is 4. The van der Waals surface area contributed by atoms with Crippen molar-refractivity contribution in [3.63, 3.8) is 0 Å². The zero-order chi connectivity index (χ0) is 19.1. The Balaban J connectivity index is 1.64. The molecule has 0 bridgehead atoms. The van der Waals surface area contributed by atoms with E-state index in [1.54, 1.807) is 17.0 Å². The van der Waals surface area contributed by atoms with Crippen LogP contribution in [0.25, 0.3) is 16.8 Å². The van der Waals surface area contributed by atoms with Crippen LogP contribution in [0.4, 0.5) is 5.69 Å². The van der Waals surface area contributed by atoms with Crippen LogP contribution in [0.15, 0.2) is 53.6 Å². The van der Waals surface area contributed by atoms with Crippen molar-refractivity contribution in [2.75, 3.05) is 11.4 Å². The number of halogens is 1. The molecule has 136 valence electrons. The molecule has 27 heavy (non-hydrogen) atoms. The van der Waals surface area contributed by atoms with Crippen molar-refractivity contribution in [2.24, 2.45) is 0 Å². The van der Waals surface area contributed by atoms with Crippen LogP contribution in [0.5, 0.6) is 0 Å². The average Bonchev–Trinajstić information content (AvgIpc) is 3.23. The Morgan fingerprint density at radius 1 is 1.11 bits per heavy atom. The standard InChI is InChI=1S/C21H18ClN3OS/c1-12-3-4-14(9-13(12)2)17-11-27-21(24-17)19-18(26)10-25(20(19)23)16-7-5-15(22)6-8-16/h3-9,11,23,26H,10H2,1-2H3. The van der Waals surface area contributed by atoms with E-state index in [-0.39, 0.29) is 18.1 Å². The highest BCUT2D eigenvalue weighted by Gasteiger charge is 2.31. The van der Waals surface area contributed by atoms with Gasteiger partial charge in [-0.2, -0.15) is 0 Å². The summed E-state index contributed by atoms with van der Waals surface area (Å²) in [5, 5.41) is 22.3. The van der Waals surface area contributed by atoms with Crippen molar-refractivity contribution in [1.82, 2.24) is 4.98 Å².